The van der Waals surface area contributed by atoms with Crippen molar-refractivity contribution in [2.45, 2.75) is 37.4 Å². The second kappa shape index (κ2) is 10.9. The summed E-state index contributed by atoms with van der Waals surface area (Å²) in [7, 11) is -4.03. The quantitative estimate of drug-likeness (QED) is 0.318. The first-order chi connectivity index (χ1) is 15.9. The SMILES string of the molecule is CCCCOc1ccc(N2CCN(S(=O)(=O)C3(C(=O)NO)Cc4ccccc4C3)CC2)nc1.Cl. The molecule has 4 rings (SSSR count). The average Bonchev–Trinajstić information content (AvgIpc) is 3.26. The van der Waals surface area contributed by atoms with Crippen LogP contribution in [0.4, 0.5) is 5.82 Å². The van der Waals surface area contributed by atoms with Crippen LogP contribution < -0.4 is 15.1 Å². The molecule has 1 amide bonds. The molecule has 2 aliphatic rings. The Morgan fingerprint density at radius 3 is 2.29 bits per heavy atom. The van der Waals surface area contributed by atoms with Gasteiger partial charge in [0, 0.05) is 39.0 Å². The van der Waals surface area contributed by atoms with E-state index in [9.17, 15) is 18.4 Å². The maximum absolute atomic E-state index is 13.7. The number of nitrogens with zero attached hydrogens (tertiary/aromatic N) is 3. The number of unbranched alkanes of at least 4 members (excludes halogenated alkanes) is 1. The fourth-order valence-corrected chi connectivity index (χ4v) is 6.62. The van der Waals surface area contributed by atoms with Crippen LogP contribution in [0.25, 0.3) is 0 Å². The van der Waals surface area contributed by atoms with E-state index in [4.69, 9.17) is 4.74 Å². The van der Waals surface area contributed by atoms with Crippen LogP contribution in [-0.2, 0) is 27.7 Å². The Balaban J connectivity index is 0.00000324. The molecule has 11 heteroatoms. The number of nitrogens with one attached hydrogen (secondary N) is 1. The van der Waals surface area contributed by atoms with Gasteiger partial charge in [0.1, 0.15) is 11.6 Å². The molecule has 2 heterocycles. The smallest absolute Gasteiger partial charge is 0.266 e. The van der Waals surface area contributed by atoms with Crippen molar-refractivity contribution in [1.29, 1.82) is 0 Å². The topological polar surface area (TPSA) is 112 Å². The summed E-state index contributed by atoms with van der Waals surface area (Å²) in [4.78, 5) is 19.2. The summed E-state index contributed by atoms with van der Waals surface area (Å²) in [5, 5.41) is 9.37. The van der Waals surface area contributed by atoms with Crippen LogP contribution in [0.3, 0.4) is 0 Å². The van der Waals surface area contributed by atoms with Crippen molar-refractivity contribution in [3.63, 3.8) is 0 Å². The first kappa shape index (κ1) is 26.2. The van der Waals surface area contributed by atoms with Gasteiger partial charge in [-0.2, -0.15) is 4.31 Å². The lowest BCUT2D eigenvalue weighted by atomic mass is 10.1. The molecule has 1 aromatic heterocycles. The zero-order valence-electron chi connectivity index (χ0n) is 19.1. The number of hydroxylamine groups is 1. The molecule has 0 radical (unpaired) electrons. The van der Waals surface area contributed by atoms with Gasteiger partial charge in [0.15, 0.2) is 4.75 Å². The van der Waals surface area contributed by atoms with Crippen LogP contribution in [0.15, 0.2) is 42.6 Å². The van der Waals surface area contributed by atoms with E-state index in [0.717, 1.165) is 29.8 Å². The van der Waals surface area contributed by atoms with Crippen LogP contribution in [0.2, 0.25) is 0 Å². The number of sulfonamides is 1. The number of carbonyl (C=O) groups excluding carboxylic acids is 1. The van der Waals surface area contributed by atoms with Crippen molar-refractivity contribution in [1.82, 2.24) is 14.8 Å². The largest absolute Gasteiger partial charge is 0.492 e. The third-order valence-electron chi connectivity index (χ3n) is 6.47. The molecule has 186 valence electrons. The van der Waals surface area contributed by atoms with Crippen molar-refractivity contribution in [3.8, 4) is 5.75 Å². The van der Waals surface area contributed by atoms with Gasteiger partial charge in [-0.05, 0) is 29.7 Å². The molecule has 0 spiro atoms. The van der Waals surface area contributed by atoms with Gasteiger partial charge in [0.25, 0.3) is 5.91 Å². The molecule has 1 aliphatic heterocycles. The second-order valence-electron chi connectivity index (χ2n) is 8.50. The zero-order chi connectivity index (χ0) is 23.5. The number of fused-ring (bicyclic) bond motifs is 1. The number of amides is 1. The van der Waals surface area contributed by atoms with Crippen LogP contribution in [0, 0.1) is 0 Å². The van der Waals surface area contributed by atoms with Gasteiger partial charge < -0.3 is 9.64 Å². The Morgan fingerprint density at radius 2 is 1.76 bits per heavy atom. The predicted molar refractivity (Wildman–Crippen MR) is 131 cm³/mol. The van der Waals surface area contributed by atoms with E-state index in [1.165, 1.54) is 4.31 Å². The molecule has 9 nitrogen and oxygen atoms in total. The maximum atomic E-state index is 13.7. The van der Waals surface area contributed by atoms with E-state index in [1.807, 2.05) is 41.3 Å². The Kier molecular flexibility index (Phi) is 8.40. The minimum absolute atomic E-state index is 0. The minimum atomic E-state index is -4.03. The fourth-order valence-electron chi connectivity index (χ4n) is 4.53. The van der Waals surface area contributed by atoms with E-state index in [-0.39, 0.29) is 38.3 Å². The lowest BCUT2D eigenvalue weighted by molar-refractivity contribution is -0.131. The molecule has 1 saturated heterocycles. The number of carbonyl (C=O) groups is 1. The number of hydrogen-bond donors (Lipinski definition) is 2. The van der Waals surface area contributed by atoms with Gasteiger partial charge in [-0.25, -0.2) is 18.9 Å². The van der Waals surface area contributed by atoms with Crippen molar-refractivity contribution >= 4 is 34.2 Å². The first-order valence-corrected chi connectivity index (χ1v) is 12.7. The number of halogens is 1. The van der Waals surface area contributed by atoms with Crippen LogP contribution in [0.1, 0.15) is 30.9 Å². The van der Waals surface area contributed by atoms with Crippen LogP contribution >= 0.6 is 12.4 Å². The monoisotopic (exact) mass is 510 g/mol. The van der Waals surface area contributed by atoms with Crippen LogP contribution in [-0.4, -0.2) is 66.4 Å². The van der Waals surface area contributed by atoms with E-state index >= 15 is 0 Å². The van der Waals surface area contributed by atoms with E-state index < -0.39 is 20.7 Å². The van der Waals surface area contributed by atoms with Gasteiger partial charge in [0.05, 0.1) is 12.8 Å². The summed E-state index contributed by atoms with van der Waals surface area (Å²) >= 11 is 0. The lowest BCUT2D eigenvalue weighted by Gasteiger charge is -2.39. The van der Waals surface area contributed by atoms with E-state index in [2.05, 4.69) is 11.9 Å². The van der Waals surface area contributed by atoms with Crippen LogP contribution in [0.5, 0.6) is 5.75 Å². The van der Waals surface area contributed by atoms with Crippen molar-refractivity contribution < 1.29 is 23.2 Å². The minimum Gasteiger partial charge on any atom is -0.492 e. The highest BCUT2D eigenvalue weighted by Crippen LogP contribution is 2.38. The Bertz CT molecular complexity index is 1060. The molecule has 0 unspecified atom stereocenters. The molecule has 0 saturated carbocycles. The number of aromatic nitrogens is 1. The number of piperazine rings is 1. The normalized spacial score (nSPS) is 17.5. The predicted octanol–water partition coefficient (Wildman–Crippen LogP) is 2.18. The number of benzene rings is 1. The molecule has 2 N–H and O–H groups in total. The van der Waals surface area contributed by atoms with Gasteiger partial charge in [-0.15, -0.1) is 12.4 Å². The number of anilines is 1. The lowest BCUT2D eigenvalue weighted by Crippen LogP contribution is -2.61. The Hall–Kier alpha value is -2.40. The van der Waals surface area contributed by atoms with Gasteiger partial charge in [-0.3, -0.25) is 10.0 Å². The highest BCUT2D eigenvalue weighted by atomic mass is 35.5. The summed E-state index contributed by atoms with van der Waals surface area (Å²) in [6.07, 6.45) is 3.81. The molecule has 1 fully saturated rings. The first-order valence-electron chi connectivity index (χ1n) is 11.3. The average molecular weight is 511 g/mol. The van der Waals surface area contributed by atoms with E-state index in [0.29, 0.717) is 25.4 Å². The molecule has 1 aliphatic carbocycles. The number of ether oxygens (including phenoxy) is 1. The third kappa shape index (κ3) is 4.86. The molecule has 34 heavy (non-hydrogen) atoms. The van der Waals surface area contributed by atoms with Crippen molar-refractivity contribution in [2.24, 2.45) is 0 Å². The van der Waals surface area contributed by atoms with E-state index in [1.54, 1.807) is 11.7 Å². The summed E-state index contributed by atoms with van der Waals surface area (Å²) in [5.41, 5.74) is 3.24. The fraction of sp³-hybridized carbons (Fsp3) is 0.478. The molecular formula is C23H31ClN4O5S. The summed E-state index contributed by atoms with van der Waals surface area (Å²) < 4.78 is 32.7. The number of rotatable bonds is 8. The van der Waals surface area contributed by atoms with Gasteiger partial charge in [-0.1, -0.05) is 37.6 Å². The van der Waals surface area contributed by atoms with Gasteiger partial charge in [0.2, 0.25) is 10.0 Å². The summed E-state index contributed by atoms with van der Waals surface area (Å²) in [6, 6.07) is 11.1. The van der Waals surface area contributed by atoms with Gasteiger partial charge >= 0.3 is 0 Å². The second-order valence-corrected chi connectivity index (χ2v) is 10.8. The highest BCUT2D eigenvalue weighted by Gasteiger charge is 2.56. The Morgan fingerprint density at radius 1 is 1.12 bits per heavy atom. The molecule has 0 atom stereocenters. The maximum Gasteiger partial charge on any atom is 0.266 e. The standard InChI is InChI=1S/C23H30N4O5S.ClH/c1-2-3-14-32-20-8-9-21(24-17-20)26-10-12-27(13-11-26)33(30,31)23(22(28)25-29)15-18-6-4-5-7-19(18)16-23;/h4-9,17,29H,2-3,10-16H2,1H3,(H,25,28);1H. The third-order valence-corrected chi connectivity index (χ3v) is 8.98. The van der Waals surface area contributed by atoms with Crippen molar-refractivity contribution in [2.75, 3.05) is 37.7 Å². The number of hydrogen-bond acceptors (Lipinski definition) is 7. The molecule has 0 bridgehead atoms. The summed E-state index contributed by atoms with van der Waals surface area (Å²) in [5.74, 6) is 0.582. The zero-order valence-corrected chi connectivity index (χ0v) is 20.8. The Labute approximate surface area is 206 Å². The van der Waals surface area contributed by atoms with Crippen molar-refractivity contribution in [3.05, 3.63) is 53.7 Å². The highest BCUT2D eigenvalue weighted by molar-refractivity contribution is 7.91. The molecular weight excluding hydrogens is 480 g/mol. The number of pyridine rings is 1. The summed E-state index contributed by atoms with van der Waals surface area (Å²) in [6.45, 7) is 4.12. The molecule has 1 aromatic carbocycles. The molecule has 2 aromatic rings.